The number of anilines is 3. The number of aldehydes is 1. The van der Waals surface area contributed by atoms with E-state index in [1.807, 2.05) is 78.9 Å². The molecule has 0 saturated heterocycles. The van der Waals surface area contributed by atoms with E-state index in [-0.39, 0.29) is 0 Å². The summed E-state index contributed by atoms with van der Waals surface area (Å²) in [6, 6.07) is 25.3. The summed E-state index contributed by atoms with van der Waals surface area (Å²) in [5.41, 5.74) is 3.70. The molecular weight excluding hydrogens is 294 g/mol. The van der Waals surface area contributed by atoms with Gasteiger partial charge in [0, 0.05) is 27.6 Å². The molecule has 0 aromatic heterocycles. The van der Waals surface area contributed by atoms with Crippen LogP contribution in [0.25, 0.3) is 0 Å². The van der Waals surface area contributed by atoms with Gasteiger partial charge in [0.2, 0.25) is 0 Å². The first-order valence-electron chi connectivity index (χ1n) is 6.94. The molecule has 0 spiro atoms. The molecule has 22 heavy (non-hydrogen) atoms. The van der Waals surface area contributed by atoms with E-state index in [0.717, 1.165) is 23.3 Å². The second-order valence-corrected chi connectivity index (χ2v) is 5.29. The zero-order valence-corrected chi connectivity index (χ0v) is 12.6. The molecule has 2 nitrogen and oxygen atoms in total. The number of benzene rings is 3. The van der Waals surface area contributed by atoms with Crippen molar-refractivity contribution in [2.24, 2.45) is 0 Å². The smallest absolute Gasteiger partial charge is 0.150 e. The van der Waals surface area contributed by atoms with Gasteiger partial charge in [-0.3, -0.25) is 4.79 Å². The Hall–Kier alpha value is -2.58. The molecular formula is C19H14ClNO. The van der Waals surface area contributed by atoms with Crippen LogP contribution in [0.5, 0.6) is 0 Å². The Kier molecular flexibility index (Phi) is 4.22. The van der Waals surface area contributed by atoms with Crippen LogP contribution in [-0.2, 0) is 0 Å². The first-order chi connectivity index (χ1) is 10.8. The zero-order valence-electron chi connectivity index (χ0n) is 11.8. The molecule has 3 aromatic carbocycles. The average Bonchev–Trinajstić information content (AvgIpc) is 2.58. The first kappa shape index (κ1) is 14.4. The fourth-order valence-electron chi connectivity index (χ4n) is 2.32. The molecule has 0 aliphatic heterocycles. The monoisotopic (exact) mass is 307 g/mol. The van der Waals surface area contributed by atoms with Crippen molar-refractivity contribution in [2.75, 3.05) is 4.90 Å². The summed E-state index contributed by atoms with van der Waals surface area (Å²) >= 11 is 5.99. The van der Waals surface area contributed by atoms with Gasteiger partial charge >= 0.3 is 0 Å². The maximum absolute atomic E-state index is 10.8. The van der Waals surface area contributed by atoms with Crippen molar-refractivity contribution >= 4 is 34.9 Å². The van der Waals surface area contributed by atoms with Crippen molar-refractivity contribution in [3.05, 3.63) is 89.4 Å². The summed E-state index contributed by atoms with van der Waals surface area (Å²) in [6.07, 6.45) is 0.846. The standard InChI is InChI=1S/C19H14ClNO/c20-16-8-12-19(13-9-16)21(17-4-2-1-3-5-17)18-10-6-15(14-22)7-11-18/h1-14H. The molecule has 0 aliphatic rings. The summed E-state index contributed by atoms with van der Waals surface area (Å²) in [7, 11) is 0. The second-order valence-electron chi connectivity index (χ2n) is 4.86. The van der Waals surface area contributed by atoms with Gasteiger partial charge in [0.05, 0.1) is 0 Å². The molecule has 0 heterocycles. The second kappa shape index (κ2) is 6.46. The highest BCUT2D eigenvalue weighted by Crippen LogP contribution is 2.34. The van der Waals surface area contributed by atoms with Crippen LogP contribution in [0.3, 0.4) is 0 Å². The summed E-state index contributed by atoms with van der Waals surface area (Å²) in [4.78, 5) is 13.0. The normalized spacial score (nSPS) is 10.2. The van der Waals surface area contributed by atoms with E-state index < -0.39 is 0 Å². The molecule has 0 bridgehead atoms. The van der Waals surface area contributed by atoms with Crippen LogP contribution in [-0.4, -0.2) is 6.29 Å². The molecule has 0 fully saturated rings. The Bertz CT molecular complexity index is 752. The average molecular weight is 308 g/mol. The first-order valence-corrected chi connectivity index (χ1v) is 7.32. The maximum atomic E-state index is 10.8. The minimum atomic E-state index is 0.660. The lowest BCUT2D eigenvalue weighted by molar-refractivity contribution is 0.112. The molecule has 3 aromatic rings. The van der Waals surface area contributed by atoms with Crippen LogP contribution in [0.2, 0.25) is 5.02 Å². The number of hydrogen-bond acceptors (Lipinski definition) is 2. The molecule has 0 aliphatic carbocycles. The Morgan fingerprint density at radius 2 is 1.18 bits per heavy atom. The van der Waals surface area contributed by atoms with Gasteiger partial charge in [-0.15, -0.1) is 0 Å². The molecule has 3 heteroatoms. The van der Waals surface area contributed by atoms with Gasteiger partial charge in [0.1, 0.15) is 6.29 Å². The highest BCUT2D eigenvalue weighted by molar-refractivity contribution is 6.30. The lowest BCUT2D eigenvalue weighted by Gasteiger charge is -2.25. The molecule has 0 radical (unpaired) electrons. The van der Waals surface area contributed by atoms with Crippen molar-refractivity contribution in [1.82, 2.24) is 0 Å². The quantitative estimate of drug-likeness (QED) is 0.583. The van der Waals surface area contributed by atoms with Gasteiger partial charge in [-0.25, -0.2) is 0 Å². The predicted molar refractivity (Wildman–Crippen MR) is 91.5 cm³/mol. The number of nitrogens with zero attached hydrogens (tertiary/aromatic N) is 1. The molecule has 3 rings (SSSR count). The Balaban J connectivity index is 2.09. The van der Waals surface area contributed by atoms with Crippen molar-refractivity contribution in [3.8, 4) is 0 Å². The third-order valence-corrected chi connectivity index (χ3v) is 3.64. The van der Waals surface area contributed by atoms with E-state index in [0.29, 0.717) is 10.6 Å². The number of halogens is 1. The molecule has 0 amide bonds. The fraction of sp³-hybridized carbons (Fsp3) is 0. The Morgan fingerprint density at radius 3 is 1.73 bits per heavy atom. The topological polar surface area (TPSA) is 20.3 Å². The fourth-order valence-corrected chi connectivity index (χ4v) is 2.44. The summed E-state index contributed by atoms with van der Waals surface area (Å²) < 4.78 is 0. The van der Waals surface area contributed by atoms with Crippen LogP contribution in [0.1, 0.15) is 10.4 Å². The van der Waals surface area contributed by atoms with E-state index in [1.54, 1.807) is 0 Å². The van der Waals surface area contributed by atoms with E-state index in [9.17, 15) is 4.79 Å². The Morgan fingerprint density at radius 1 is 0.682 bits per heavy atom. The van der Waals surface area contributed by atoms with Gasteiger partial charge < -0.3 is 4.90 Å². The third-order valence-electron chi connectivity index (χ3n) is 3.39. The number of hydrogen-bond donors (Lipinski definition) is 0. The molecule has 0 saturated carbocycles. The SMILES string of the molecule is O=Cc1ccc(N(c2ccccc2)c2ccc(Cl)cc2)cc1. The number of para-hydroxylation sites is 1. The number of rotatable bonds is 4. The third kappa shape index (κ3) is 3.02. The van der Waals surface area contributed by atoms with Gasteiger partial charge in [-0.1, -0.05) is 29.8 Å². The van der Waals surface area contributed by atoms with Crippen molar-refractivity contribution in [1.29, 1.82) is 0 Å². The van der Waals surface area contributed by atoms with Gasteiger partial charge in [-0.2, -0.15) is 0 Å². The van der Waals surface area contributed by atoms with Crippen molar-refractivity contribution in [3.63, 3.8) is 0 Å². The van der Waals surface area contributed by atoms with E-state index in [2.05, 4.69) is 4.90 Å². The van der Waals surface area contributed by atoms with Gasteiger partial charge in [-0.05, 0) is 60.7 Å². The van der Waals surface area contributed by atoms with Crippen LogP contribution < -0.4 is 4.90 Å². The largest absolute Gasteiger partial charge is 0.311 e. The lowest BCUT2D eigenvalue weighted by Crippen LogP contribution is -2.09. The van der Waals surface area contributed by atoms with Gasteiger partial charge in [0.25, 0.3) is 0 Å². The van der Waals surface area contributed by atoms with E-state index in [4.69, 9.17) is 11.6 Å². The zero-order chi connectivity index (χ0) is 15.4. The van der Waals surface area contributed by atoms with Crippen molar-refractivity contribution in [2.45, 2.75) is 0 Å². The van der Waals surface area contributed by atoms with E-state index >= 15 is 0 Å². The minimum absolute atomic E-state index is 0.660. The van der Waals surface area contributed by atoms with Crippen molar-refractivity contribution < 1.29 is 4.79 Å². The minimum Gasteiger partial charge on any atom is -0.311 e. The summed E-state index contributed by atoms with van der Waals surface area (Å²) in [5.74, 6) is 0. The van der Waals surface area contributed by atoms with Crippen LogP contribution in [0.4, 0.5) is 17.1 Å². The van der Waals surface area contributed by atoms with Crippen LogP contribution >= 0.6 is 11.6 Å². The molecule has 108 valence electrons. The number of carbonyl (C=O) groups excluding carboxylic acids is 1. The van der Waals surface area contributed by atoms with E-state index in [1.165, 1.54) is 0 Å². The molecule has 0 N–H and O–H groups in total. The van der Waals surface area contributed by atoms with Gasteiger partial charge in [0.15, 0.2) is 0 Å². The highest BCUT2D eigenvalue weighted by atomic mass is 35.5. The van der Waals surface area contributed by atoms with Crippen LogP contribution in [0.15, 0.2) is 78.9 Å². The predicted octanol–water partition coefficient (Wildman–Crippen LogP) is 5.62. The number of carbonyl (C=O) groups is 1. The Labute approximate surface area is 134 Å². The lowest BCUT2D eigenvalue weighted by atomic mass is 10.1. The molecule has 0 unspecified atom stereocenters. The molecule has 0 atom stereocenters. The maximum Gasteiger partial charge on any atom is 0.150 e. The van der Waals surface area contributed by atoms with Crippen LogP contribution in [0, 0.1) is 0 Å². The highest BCUT2D eigenvalue weighted by Gasteiger charge is 2.11. The summed E-state index contributed by atoms with van der Waals surface area (Å²) in [6.45, 7) is 0. The summed E-state index contributed by atoms with van der Waals surface area (Å²) in [5, 5.41) is 0.702.